The Morgan fingerprint density at radius 2 is 1.91 bits per heavy atom. The molecule has 0 saturated carbocycles. The fraction of sp³-hybridized carbons (Fsp3) is 0.667. The largest absolute Gasteiger partial charge is 0.333 e. The molecule has 2 unspecified atom stereocenters. The molecule has 2 N–H and O–H groups in total. The van der Waals surface area contributed by atoms with Crippen LogP contribution < -0.4 is 10.0 Å². The monoisotopic (exact) mass is 515 g/mol. The van der Waals surface area contributed by atoms with Crippen LogP contribution in [0, 0.1) is 23.7 Å². The molecular weight excluding hydrogens is 470 g/mol. The summed E-state index contributed by atoms with van der Waals surface area (Å²) in [4.78, 5) is 2.71. The standard InChI is InChI=1S/C30H46ClN3S/c1-22(2)30(21-34-17-15-25(16-18-34)24-11-13-27(31)14-12-24)32-20-23-7-6-8-26(19-23)28-9-4-5-10-29(28)33-35-3/h6,8,11,13-14,19,22-25,30,32-33H,4-5,7,9-10,12,15-18,20-21H2,1-3H3/t23?,24?,30-/m0/s1. The number of nitrogens with zero attached hydrogens (tertiary/aromatic N) is 1. The third-order valence-electron chi connectivity index (χ3n) is 8.42. The third-order valence-corrected chi connectivity index (χ3v) is 9.15. The van der Waals surface area contributed by atoms with E-state index in [1.165, 1.54) is 69.4 Å². The maximum Gasteiger partial charge on any atom is 0.0363 e. The van der Waals surface area contributed by atoms with Gasteiger partial charge < -0.3 is 14.9 Å². The molecule has 5 heteroatoms. The number of likely N-dealkylation sites (tertiary alicyclic amines) is 1. The SMILES string of the molecule is CSNC1=C(C2=CC(CN[C@@H](CN3CCC(C4C=CC(Cl)=CC4)CC3)C(C)C)CC=C2)CCCC1. The molecule has 4 aliphatic rings. The lowest BCUT2D eigenvalue weighted by Crippen LogP contribution is -2.48. The summed E-state index contributed by atoms with van der Waals surface area (Å²) in [5.41, 5.74) is 4.48. The van der Waals surface area contributed by atoms with E-state index in [0.29, 0.717) is 23.8 Å². The lowest BCUT2D eigenvalue weighted by atomic mass is 9.80. The third kappa shape index (κ3) is 7.77. The molecule has 194 valence electrons. The van der Waals surface area contributed by atoms with Crippen molar-refractivity contribution in [1.29, 1.82) is 0 Å². The van der Waals surface area contributed by atoms with Crippen LogP contribution in [0.3, 0.4) is 0 Å². The predicted octanol–water partition coefficient (Wildman–Crippen LogP) is 7.21. The fourth-order valence-corrected chi connectivity index (χ4v) is 6.80. The molecule has 0 aromatic heterocycles. The first-order valence-corrected chi connectivity index (χ1v) is 15.5. The maximum atomic E-state index is 6.13. The van der Waals surface area contributed by atoms with Gasteiger partial charge in [0.25, 0.3) is 0 Å². The van der Waals surface area contributed by atoms with Crippen molar-refractivity contribution in [2.45, 2.75) is 71.3 Å². The molecule has 0 aromatic carbocycles. The molecule has 0 spiro atoms. The van der Waals surface area contributed by atoms with Gasteiger partial charge in [-0.05, 0) is 105 Å². The molecule has 0 bridgehead atoms. The molecule has 0 aromatic rings. The molecule has 35 heavy (non-hydrogen) atoms. The molecule has 3 atom stereocenters. The van der Waals surface area contributed by atoms with E-state index < -0.39 is 0 Å². The van der Waals surface area contributed by atoms with Crippen molar-refractivity contribution in [3.63, 3.8) is 0 Å². The van der Waals surface area contributed by atoms with Gasteiger partial charge in [-0.3, -0.25) is 0 Å². The van der Waals surface area contributed by atoms with Crippen molar-refractivity contribution in [3.8, 4) is 0 Å². The van der Waals surface area contributed by atoms with Gasteiger partial charge in [-0.25, -0.2) is 0 Å². The maximum absolute atomic E-state index is 6.13. The summed E-state index contributed by atoms with van der Waals surface area (Å²) in [6.45, 7) is 9.46. The molecule has 1 fully saturated rings. The van der Waals surface area contributed by atoms with Crippen molar-refractivity contribution in [2.75, 3.05) is 32.4 Å². The highest BCUT2D eigenvalue weighted by atomic mass is 35.5. The number of hydrogen-bond acceptors (Lipinski definition) is 4. The molecule has 0 radical (unpaired) electrons. The van der Waals surface area contributed by atoms with Crippen LogP contribution in [0.2, 0.25) is 0 Å². The molecule has 1 saturated heterocycles. The van der Waals surface area contributed by atoms with Gasteiger partial charge in [0.05, 0.1) is 0 Å². The molecule has 1 heterocycles. The summed E-state index contributed by atoms with van der Waals surface area (Å²) in [5.74, 6) is 2.73. The van der Waals surface area contributed by atoms with Gasteiger partial charge in [0, 0.05) is 36.1 Å². The summed E-state index contributed by atoms with van der Waals surface area (Å²) in [6.07, 6.45) is 26.0. The molecular formula is C30H46ClN3S. The van der Waals surface area contributed by atoms with Crippen molar-refractivity contribution in [3.05, 3.63) is 58.3 Å². The second kappa shape index (κ2) is 13.6. The Labute approximate surface area is 223 Å². The smallest absolute Gasteiger partial charge is 0.0363 e. The number of rotatable bonds is 10. The van der Waals surface area contributed by atoms with Gasteiger partial charge in [-0.1, -0.05) is 67.8 Å². The van der Waals surface area contributed by atoms with Crippen molar-refractivity contribution in [1.82, 2.24) is 14.9 Å². The van der Waals surface area contributed by atoms with Crippen LogP contribution in [0.15, 0.2) is 58.3 Å². The zero-order chi connectivity index (χ0) is 24.6. The summed E-state index contributed by atoms with van der Waals surface area (Å²) >= 11 is 7.86. The molecule has 0 amide bonds. The highest BCUT2D eigenvalue weighted by Gasteiger charge is 2.28. The number of piperidine rings is 1. The van der Waals surface area contributed by atoms with E-state index in [1.54, 1.807) is 17.5 Å². The van der Waals surface area contributed by atoms with E-state index in [1.807, 2.05) is 0 Å². The van der Waals surface area contributed by atoms with Crippen LogP contribution in [-0.2, 0) is 0 Å². The topological polar surface area (TPSA) is 27.3 Å². The first-order chi connectivity index (χ1) is 17.0. The highest BCUT2D eigenvalue weighted by molar-refractivity contribution is 7.96. The zero-order valence-electron chi connectivity index (χ0n) is 22.1. The fourth-order valence-electron chi connectivity index (χ4n) is 6.17. The normalized spacial score (nSPS) is 27.2. The van der Waals surface area contributed by atoms with Gasteiger partial charge in [0.1, 0.15) is 0 Å². The van der Waals surface area contributed by atoms with Crippen LogP contribution in [0.5, 0.6) is 0 Å². The minimum absolute atomic E-state index is 0.549. The summed E-state index contributed by atoms with van der Waals surface area (Å²) in [6, 6.07) is 0.549. The van der Waals surface area contributed by atoms with Crippen molar-refractivity contribution in [2.24, 2.45) is 23.7 Å². The van der Waals surface area contributed by atoms with Crippen molar-refractivity contribution < 1.29 is 0 Å². The van der Waals surface area contributed by atoms with E-state index in [0.717, 1.165) is 30.3 Å². The second-order valence-corrected chi connectivity index (χ2v) is 12.3. The number of allylic oxidation sites excluding steroid dienone is 9. The number of halogens is 1. The summed E-state index contributed by atoms with van der Waals surface area (Å²) in [7, 11) is 0. The average Bonchev–Trinajstić information content (AvgIpc) is 2.88. The Bertz CT molecular complexity index is 848. The number of nitrogens with one attached hydrogen (secondary N) is 2. The second-order valence-electron chi connectivity index (χ2n) is 11.2. The lowest BCUT2D eigenvalue weighted by Gasteiger charge is -2.38. The van der Waals surface area contributed by atoms with Crippen molar-refractivity contribution >= 4 is 23.5 Å². The van der Waals surface area contributed by atoms with Gasteiger partial charge >= 0.3 is 0 Å². The Balaban J connectivity index is 1.28. The Morgan fingerprint density at radius 1 is 1.11 bits per heavy atom. The van der Waals surface area contributed by atoms with E-state index in [9.17, 15) is 0 Å². The van der Waals surface area contributed by atoms with Crippen LogP contribution in [0.25, 0.3) is 0 Å². The summed E-state index contributed by atoms with van der Waals surface area (Å²) < 4.78 is 3.57. The Hall–Kier alpha value is -0.940. The first-order valence-electron chi connectivity index (χ1n) is 13.9. The van der Waals surface area contributed by atoms with E-state index in [4.69, 9.17) is 11.6 Å². The minimum atomic E-state index is 0.549. The van der Waals surface area contributed by atoms with Crippen LogP contribution in [0.4, 0.5) is 0 Å². The van der Waals surface area contributed by atoms with Crippen LogP contribution in [-0.4, -0.2) is 43.4 Å². The zero-order valence-corrected chi connectivity index (χ0v) is 23.6. The van der Waals surface area contributed by atoms with E-state index in [2.05, 4.69) is 71.5 Å². The van der Waals surface area contributed by atoms with Gasteiger partial charge in [0.15, 0.2) is 0 Å². The molecule has 1 aliphatic heterocycles. The van der Waals surface area contributed by atoms with Gasteiger partial charge in [-0.2, -0.15) is 0 Å². The molecule has 3 nitrogen and oxygen atoms in total. The van der Waals surface area contributed by atoms with E-state index >= 15 is 0 Å². The predicted molar refractivity (Wildman–Crippen MR) is 154 cm³/mol. The number of hydrogen-bond donors (Lipinski definition) is 2. The Kier molecular flexibility index (Phi) is 10.5. The van der Waals surface area contributed by atoms with E-state index in [-0.39, 0.29) is 0 Å². The van der Waals surface area contributed by atoms with Gasteiger partial charge in [0.2, 0.25) is 0 Å². The molecule has 3 aliphatic carbocycles. The van der Waals surface area contributed by atoms with Crippen LogP contribution >= 0.6 is 23.5 Å². The van der Waals surface area contributed by atoms with Gasteiger partial charge in [-0.15, -0.1) is 0 Å². The lowest BCUT2D eigenvalue weighted by molar-refractivity contribution is 0.138. The average molecular weight is 516 g/mol. The first kappa shape index (κ1) is 27.1. The summed E-state index contributed by atoms with van der Waals surface area (Å²) in [5, 5.41) is 4.90. The quantitative estimate of drug-likeness (QED) is 0.300. The molecule has 4 rings (SSSR count). The van der Waals surface area contributed by atoms with Crippen LogP contribution in [0.1, 0.15) is 65.2 Å². The highest BCUT2D eigenvalue weighted by Crippen LogP contribution is 2.34. The Morgan fingerprint density at radius 3 is 2.63 bits per heavy atom. The minimum Gasteiger partial charge on any atom is -0.333 e.